The van der Waals surface area contributed by atoms with Gasteiger partial charge >= 0.3 is 0 Å². The number of anilines is 4. The highest BCUT2D eigenvalue weighted by atomic mass is 16.1. The lowest BCUT2D eigenvalue weighted by Gasteiger charge is -2.13. The van der Waals surface area contributed by atoms with E-state index in [4.69, 9.17) is 0 Å². The van der Waals surface area contributed by atoms with E-state index >= 15 is 0 Å². The fourth-order valence-corrected chi connectivity index (χ4v) is 2.63. The summed E-state index contributed by atoms with van der Waals surface area (Å²) in [5.41, 5.74) is 3.46. The number of hydrogen-bond acceptors (Lipinski definition) is 5. The van der Waals surface area contributed by atoms with Crippen LogP contribution in [-0.2, 0) is 4.79 Å². The molecule has 28 heavy (non-hydrogen) atoms. The molecule has 0 fully saturated rings. The highest BCUT2D eigenvalue weighted by molar-refractivity contribution is 5.88. The summed E-state index contributed by atoms with van der Waals surface area (Å²) >= 11 is 0. The number of carbonyl (C=O) groups excluding carboxylic acids is 1. The third-order valence-corrected chi connectivity index (χ3v) is 3.95. The van der Waals surface area contributed by atoms with Gasteiger partial charge in [0.05, 0.1) is 5.69 Å². The molecule has 0 bridgehead atoms. The van der Waals surface area contributed by atoms with Crippen LogP contribution in [0.4, 0.5) is 23.1 Å². The molecule has 0 aliphatic carbocycles. The smallest absolute Gasteiger partial charge is 0.229 e. The summed E-state index contributed by atoms with van der Waals surface area (Å²) in [5.74, 6) is 1.70. The average molecular weight is 375 g/mol. The van der Waals surface area contributed by atoms with Crippen molar-refractivity contribution in [3.8, 4) is 11.3 Å². The van der Waals surface area contributed by atoms with Gasteiger partial charge < -0.3 is 16.0 Å². The van der Waals surface area contributed by atoms with Gasteiger partial charge in [-0.05, 0) is 30.2 Å². The molecule has 0 aliphatic rings. The molecular weight excluding hydrogens is 350 g/mol. The van der Waals surface area contributed by atoms with Crippen molar-refractivity contribution >= 4 is 29.0 Å². The summed E-state index contributed by atoms with van der Waals surface area (Å²) in [6.07, 6.45) is 0. The van der Waals surface area contributed by atoms with E-state index < -0.39 is 0 Å². The number of hydrogen-bond donors (Lipinski definition) is 3. The van der Waals surface area contributed by atoms with E-state index in [9.17, 15) is 4.79 Å². The van der Waals surface area contributed by atoms with Gasteiger partial charge in [-0.2, -0.15) is 4.98 Å². The van der Waals surface area contributed by atoms with E-state index in [0.29, 0.717) is 11.9 Å². The fourth-order valence-electron chi connectivity index (χ4n) is 2.63. The van der Waals surface area contributed by atoms with Gasteiger partial charge in [0.15, 0.2) is 0 Å². The SMILES string of the molecule is CC(=O)Nc1ccc(Nc2nc(NCC(C)C)cc(-c3ccccc3)n2)cc1. The molecule has 3 rings (SSSR count). The minimum atomic E-state index is -0.0968. The van der Waals surface area contributed by atoms with Gasteiger partial charge in [-0.1, -0.05) is 44.2 Å². The second kappa shape index (κ2) is 8.99. The Morgan fingerprint density at radius 2 is 1.64 bits per heavy atom. The van der Waals surface area contributed by atoms with E-state index in [1.807, 2.05) is 60.7 Å². The monoisotopic (exact) mass is 375 g/mol. The summed E-state index contributed by atoms with van der Waals surface area (Å²) in [5, 5.41) is 9.38. The quantitative estimate of drug-likeness (QED) is 0.547. The Labute approximate surface area is 165 Å². The molecule has 0 saturated carbocycles. The Hall–Kier alpha value is -3.41. The predicted octanol–water partition coefficient (Wildman–Crippen LogP) is 4.91. The van der Waals surface area contributed by atoms with Crippen LogP contribution >= 0.6 is 0 Å². The Morgan fingerprint density at radius 3 is 2.29 bits per heavy atom. The van der Waals surface area contributed by atoms with Gasteiger partial charge in [0.2, 0.25) is 11.9 Å². The molecule has 1 aromatic heterocycles. The summed E-state index contributed by atoms with van der Waals surface area (Å²) in [4.78, 5) is 20.4. The maximum absolute atomic E-state index is 11.2. The van der Waals surface area contributed by atoms with Crippen LogP contribution in [0.25, 0.3) is 11.3 Å². The minimum absolute atomic E-state index is 0.0968. The van der Waals surface area contributed by atoms with Crippen LogP contribution in [0.3, 0.4) is 0 Å². The van der Waals surface area contributed by atoms with Crippen molar-refractivity contribution in [3.63, 3.8) is 0 Å². The standard InChI is InChI=1S/C22H25N5O/c1-15(2)14-23-21-13-20(17-7-5-4-6-8-17)26-22(27-21)25-19-11-9-18(10-12-19)24-16(3)28/h4-13,15H,14H2,1-3H3,(H,24,28)(H2,23,25,26,27). The van der Waals surface area contributed by atoms with Crippen LogP contribution in [0.1, 0.15) is 20.8 Å². The summed E-state index contributed by atoms with van der Waals surface area (Å²) in [6, 6.07) is 19.4. The maximum Gasteiger partial charge on any atom is 0.229 e. The van der Waals surface area contributed by atoms with Crippen LogP contribution in [0, 0.1) is 5.92 Å². The van der Waals surface area contributed by atoms with Crippen molar-refractivity contribution in [2.45, 2.75) is 20.8 Å². The predicted molar refractivity (Wildman–Crippen MR) is 115 cm³/mol. The third kappa shape index (κ3) is 5.54. The van der Waals surface area contributed by atoms with Gasteiger partial charge in [-0.15, -0.1) is 0 Å². The van der Waals surface area contributed by atoms with Crippen LogP contribution in [-0.4, -0.2) is 22.4 Å². The number of nitrogens with zero attached hydrogens (tertiary/aromatic N) is 2. The molecule has 1 heterocycles. The van der Waals surface area contributed by atoms with Crippen LogP contribution in [0.15, 0.2) is 60.7 Å². The van der Waals surface area contributed by atoms with Gasteiger partial charge in [0.25, 0.3) is 0 Å². The largest absolute Gasteiger partial charge is 0.370 e. The first-order valence-electron chi connectivity index (χ1n) is 9.32. The molecule has 3 N–H and O–H groups in total. The normalized spacial score (nSPS) is 10.6. The molecule has 6 nitrogen and oxygen atoms in total. The Bertz CT molecular complexity index is 923. The lowest BCUT2D eigenvalue weighted by molar-refractivity contribution is -0.114. The molecule has 144 valence electrons. The number of aromatic nitrogens is 2. The van der Waals surface area contributed by atoms with Crippen molar-refractivity contribution in [2.75, 3.05) is 22.5 Å². The number of nitrogens with one attached hydrogen (secondary N) is 3. The van der Waals surface area contributed by atoms with Crippen molar-refractivity contribution < 1.29 is 4.79 Å². The van der Waals surface area contributed by atoms with Crippen molar-refractivity contribution in [1.29, 1.82) is 0 Å². The first-order valence-corrected chi connectivity index (χ1v) is 9.32. The molecule has 3 aromatic rings. The molecule has 0 radical (unpaired) electrons. The van der Waals surface area contributed by atoms with Crippen molar-refractivity contribution in [1.82, 2.24) is 9.97 Å². The van der Waals surface area contributed by atoms with Gasteiger partial charge in [-0.25, -0.2) is 4.98 Å². The zero-order valence-electron chi connectivity index (χ0n) is 16.4. The topological polar surface area (TPSA) is 78.9 Å². The first kappa shape index (κ1) is 19.4. The fraction of sp³-hybridized carbons (Fsp3) is 0.227. The van der Waals surface area contributed by atoms with Crippen LogP contribution < -0.4 is 16.0 Å². The number of amides is 1. The van der Waals surface area contributed by atoms with E-state index in [1.165, 1.54) is 6.92 Å². The van der Waals surface area contributed by atoms with Gasteiger partial charge in [-0.3, -0.25) is 4.79 Å². The van der Waals surface area contributed by atoms with Crippen LogP contribution in [0.5, 0.6) is 0 Å². The molecule has 0 aliphatic heterocycles. The molecule has 0 spiro atoms. The number of benzene rings is 2. The summed E-state index contributed by atoms with van der Waals surface area (Å²) < 4.78 is 0. The zero-order chi connectivity index (χ0) is 19.9. The maximum atomic E-state index is 11.2. The zero-order valence-corrected chi connectivity index (χ0v) is 16.4. The van der Waals surface area contributed by atoms with Crippen molar-refractivity contribution in [3.05, 3.63) is 60.7 Å². The first-order chi connectivity index (χ1) is 13.5. The Kier molecular flexibility index (Phi) is 6.22. The highest BCUT2D eigenvalue weighted by Gasteiger charge is 2.08. The minimum Gasteiger partial charge on any atom is -0.370 e. The molecule has 0 unspecified atom stereocenters. The molecule has 1 amide bonds. The summed E-state index contributed by atoms with van der Waals surface area (Å²) in [7, 11) is 0. The van der Waals surface area contributed by atoms with Crippen LogP contribution in [0.2, 0.25) is 0 Å². The number of rotatable bonds is 7. The Balaban J connectivity index is 1.86. The van der Waals surface area contributed by atoms with Gasteiger partial charge in [0, 0.05) is 36.5 Å². The third-order valence-electron chi connectivity index (χ3n) is 3.95. The van der Waals surface area contributed by atoms with Crippen molar-refractivity contribution in [2.24, 2.45) is 5.92 Å². The van der Waals surface area contributed by atoms with E-state index in [-0.39, 0.29) is 5.91 Å². The van der Waals surface area contributed by atoms with E-state index in [2.05, 4.69) is 39.8 Å². The molecule has 0 saturated heterocycles. The lowest BCUT2D eigenvalue weighted by Crippen LogP contribution is -2.11. The molecule has 2 aromatic carbocycles. The molecule has 6 heteroatoms. The second-order valence-electron chi connectivity index (χ2n) is 6.99. The lowest BCUT2D eigenvalue weighted by atomic mass is 10.1. The average Bonchev–Trinajstić information content (AvgIpc) is 2.68. The Morgan fingerprint density at radius 1 is 0.964 bits per heavy atom. The highest BCUT2D eigenvalue weighted by Crippen LogP contribution is 2.24. The summed E-state index contributed by atoms with van der Waals surface area (Å²) in [6.45, 7) is 6.63. The van der Waals surface area contributed by atoms with E-state index in [0.717, 1.165) is 35.0 Å². The molecular formula is C22H25N5O. The van der Waals surface area contributed by atoms with E-state index in [1.54, 1.807) is 0 Å². The van der Waals surface area contributed by atoms with Gasteiger partial charge in [0.1, 0.15) is 5.82 Å². The second-order valence-corrected chi connectivity index (χ2v) is 6.99. The number of carbonyl (C=O) groups is 1. The molecule has 0 atom stereocenters.